The molecule has 0 aromatic heterocycles. The summed E-state index contributed by atoms with van der Waals surface area (Å²) in [4.78, 5) is 0. The molecule has 2 unspecified atom stereocenters. The molecule has 1 saturated heterocycles. The molecular formula is C11H23NO2. The first-order valence-corrected chi connectivity index (χ1v) is 5.70. The van der Waals surface area contributed by atoms with Crippen molar-refractivity contribution in [3.05, 3.63) is 0 Å². The highest BCUT2D eigenvalue weighted by atomic mass is 16.5. The van der Waals surface area contributed by atoms with Crippen LogP contribution in [0.4, 0.5) is 0 Å². The molecule has 0 radical (unpaired) electrons. The van der Waals surface area contributed by atoms with Crippen LogP contribution < -0.4 is 5.32 Å². The van der Waals surface area contributed by atoms with Crippen molar-refractivity contribution in [3.63, 3.8) is 0 Å². The maximum absolute atomic E-state index is 5.68. The first-order chi connectivity index (χ1) is 6.86. The Morgan fingerprint density at radius 1 is 1.50 bits per heavy atom. The fourth-order valence-electron chi connectivity index (χ4n) is 1.95. The molecule has 0 aromatic rings. The summed E-state index contributed by atoms with van der Waals surface area (Å²) in [5, 5.41) is 3.51. The Kier molecular flexibility index (Phi) is 6.15. The van der Waals surface area contributed by atoms with Gasteiger partial charge in [-0.2, -0.15) is 0 Å². The number of methoxy groups -OCH3 is 1. The second-order valence-electron chi connectivity index (χ2n) is 3.95. The van der Waals surface area contributed by atoms with Crippen LogP contribution in [0.15, 0.2) is 0 Å². The quantitative estimate of drug-likeness (QED) is 0.662. The molecule has 0 aliphatic carbocycles. The van der Waals surface area contributed by atoms with E-state index in [1.165, 1.54) is 12.8 Å². The monoisotopic (exact) mass is 201 g/mol. The van der Waals surface area contributed by atoms with Gasteiger partial charge in [-0.15, -0.1) is 0 Å². The van der Waals surface area contributed by atoms with E-state index in [-0.39, 0.29) is 0 Å². The molecule has 1 N–H and O–H groups in total. The maximum Gasteiger partial charge on any atom is 0.0589 e. The zero-order valence-electron chi connectivity index (χ0n) is 9.42. The summed E-state index contributed by atoms with van der Waals surface area (Å²) in [6, 6.07) is 0.635. The van der Waals surface area contributed by atoms with Gasteiger partial charge in [-0.3, -0.25) is 0 Å². The summed E-state index contributed by atoms with van der Waals surface area (Å²) in [5.74, 6) is 0. The molecule has 2 atom stereocenters. The van der Waals surface area contributed by atoms with Gasteiger partial charge in [0.2, 0.25) is 0 Å². The largest absolute Gasteiger partial charge is 0.383 e. The van der Waals surface area contributed by atoms with E-state index in [0.29, 0.717) is 12.1 Å². The molecule has 0 spiro atoms. The molecule has 1 rings (SSSR count). The minimum absolute atomic E-state index is 0.480. The topological polar surface area (TPSA) is 30.5 Å². The summed E-state index contributed by atoms with van der Waals surface area (Å²) >= 11 is 0. The van der Waals surface area contributed by atoms with E-state index in [0.717, 1.165) is 32.6 Å². The third-order valence-electron chi connectivity index (χ3n) is 2.72. The van der Waals surface area contributed by atoms with Crippen LogP contribution in [0.3, 0.4) is 0 Å². The van der Waals surface area contributed by atoms with E-state index >= 15 is 0 Å². The van der Waals surface area contributed by atoms with Crippen molar-refractivity contribution in [2.45, 2.75) is 44.8 Å². The summed E-state index contributed by atoms with van der Waals surface area (Å²) < 4.78 is 10.7. The van der Waals surface area contributed by atoms with Crippen molar-refractivity contribution in [2.75, 3.05) is 26.9 Å². The molecular weight excluding hydrogens is 178 g/mol. The Balaban J connectivity index is 2.12. The smallest absolute Gasteiger partial charge is 0.0589 e. The highest BCUT2D eigenvalue weighted by molar-refractivity contribution is 4.76. The van der Waals surface area contributed by atoms with Gasteiger partial charge in [-0.1, -0.05) is 13.3 Å². The van der Waals surface area contributed by atoms with Crippen molar-refractivity contribution >= 4 is 0 Å². The molecule has 0 amide bonds. The highest BCUT2D eigenvalue weighted by Gasteiger charge is 2.20. The Labute approximate surface area is 87.2 Å². The van der Waals surface area contributed by atoms with Gasteiger partial charge >= 0.3 is 0 Å². The number of nitrogens with one attached hydrogen (secondary N) is 1. The molecule has 0 bridgehead atoms. The molecule has 3 heteroatoms. The fourth-order valence-corrected chi connectivity index (χ4v) is 1.95. The molecule has 3 nitrogen and oxygen atoms in total. The standard InChI is InChI=1S/C11H23NO2/c1-3-4-11-9-10(5-7-14-11)12-6-8-13-2/h10-12H,3-9H2,1-2H3. The molecule has 1 fully saturated rings. The molecule has 0 aromatic carbocycles. The lowest BCUT2D eigenvalue weighted by Crippen LogP contribution is -2.40. The van der Waals surface area contributed by atoms with Crippen molar-refractivity contribution in [1.29, 1.82) is 0 Å². The molecule has 14 heavy (non-hydrogen) atoms. The second-order valence-corrected chi connectivity index (χ2v) is 3.95. The predicted molar refractivity (Wildman–Crippen MR) is 57.5 cm³/mol. The van der Waals surface area contributed by atoms with Crippen LogP contribution in [0.5, 0.6) is 0 Å². The van der Waals surface area contributed by atoms with Gasteiger partial charge < -0.3 is 14.8 Å². The van der Waals surface area contributed by atoms with Gasteiger partial charge in [0.25, 0.3) is 0 Å². The second kappa shape index (κ2) is 7.21. The minimum atomic E-state index is 0.480. The Morgan fingerprint density at radius 3 is 3.07 bits per heavy atom. The number of rotatable bonds is 6. The molecule has 1 heterocycles. The van der Waals surface area contributed by atoms with Crippen LogP contribution in [-0.4, -0.2) is 39.0 Å². The Hall–Kier alpha value is -0.120. The molecule has 84 valence electrons. The van der Waals surface area contributed by atoms with Crippen LogP contribution >= 0.6 is 0 Å². The zero-order chi connectivity index (χ0) is 10.2. The molecule has 1 aliphatic heterocycles. The Bertz CT molecular complexity index is 139. The van der Waals surface area contributed by atoms with E-state index in [1.807, 2.05) is 0 Å². The Morgan fingerprint density at radius 2 is 2.36 bits per heavy atom. The van der Waals surface area contributed by atoms with Crippen LogP contribution in [0.2, 0.25) is 0 Å². The zero-order valence-corrected chi connectivity index (χ0v) is 9.42. The third-order valence-corrected chi connectivity index (χ3v) is 2.72. The average molecular weight is 201 g/mol. The van der Waals surface area contributed by atoms with Gasteiger partial charge in [-0.25, -0.2) is 0 Å². The van der Waals surface area contributed by atoms with Gasteiger partial charge in [0.15, 0.2) is 0 Å². The number of hydrogen-bond acceptors (Lipinski definition) is 3. The van der Waals surface area contributed by atoms with Gasteiger partial charge in [0.1, 0.15) is 0 Å². The van der Waals surface area contributed by atoms with Crippen molar-refractivity contribution < 1.29 is 9.47 Å². The minimum Gasteiger partial charge on any atom is -0.383 e. The van der Waals surface area contributed by atoms with E-state index in [2.05, 4.69) is 12.2 Å². The van der Waals surface area contributed by atoms with Crippen molar-refractivity contribution in [2.24, 2.45) is 0 Å². The van der Waals surface area contributed by atoms with E-state index < -0.39 is 0 Å². The first kappa shape index (κ1) is 12.0. The van der Waals surface area contributed by atoms with E-state index in [9.17, 15) is 0 Å². The van der Waals surface area contributed by atoms with E-state index in [4.69, 9.17) is 9.47 Å². The van der Waals surface area contributed by atoms with Crippen LogP contribution in [0.25, 0.3) is 0 Å². The summed E-state index contributed by atoms with van der Waals surface area (Å²) in [7, 11) is 1.74. The van der Waals surface area contributed by atoms with Crippen molar-refractivity contribution in [1.82, 2.24) is 5.32 Å². The maximum atomic E-state index is 5.68. The number of hydrogen-bond donors (Lipinski definition) is 1. The summed E-state index contributed by atoms with van der Waals surface area (Å²) in [6.07, 6.45) is 5.20. The number of ether oxygens (including phenoxy) is 2. The highest BCUT2D eigenvalue weighted by Crippen LogP contribution is 2.17. The molecule has 0 saturated carbocycles. The van der Waals surface area contributed by atoms with Gasteiger partial charge in [0, 0.05) is 26.3 Å². The predicted octanol–water partition coefficient (Wildman–Crippen LogP) is 1.57. The van der Waals surface area contributed by atoms with Crippen LogP contribution in [0.1, 0.15) is 32.6 Å². The fraction of sp³-hybridized carbons (Fsp3) is 1.00. The normalized spacial score (nSPS) is 27.9. The van der Waals surface area contributed by atoms with E-state index in [1.54, 1.807) is 7.11 Å². The van der Waals surface area contributed by atoms with Gasteiger partial charge in [-0.05, 0) is 19.3 Å². The SMILES string of the molecule is CCCC1CC(NCCOC)CCO1. The molecule has 1 aliphatic rings. The van der Waals surface area contributed by atoms with Crippen LogP contribution in [0, 0.1) is 0 Å². The third kappa shape index (κ3) is 4.40. The lowest BCUT2D eigenvalue weighted by atomic mass is 10.0. The lowest BCUT2D eigenvalue weighted by molar-refractivity contribution is -0.00395. The summed E-state index contributed by atoms with van der Waals surface area (Å²) in [5.41, 5.74) is 0. The van der Waals surface area contributed by atoms with Crippen LogP contribution in [-0.2, 0) is 9.47 Å². The van der Waals surface area contributed by atoms with Gasteiger partial charge in [0.05, 0.1) is 12.7 Å². The average Bonchev–Trinajstić information content (AvgIpc) is 2.19. The van der Waals surface area contributed by atoms with Crippen molar-refractivity contribution in [3.8, 4) is 0 Å². The lowest BCUT2D eigenvalue weighted by Gasteiger charge is -2.30. The summed E-state index contributed by atoms with van der Waals surface area (Å²) in [6.45, 7) is 4.89. The first-order valence-electron chi connectivity index (χ1n) is 5.70.